The maximum Gasteiger partial charge on any atom is 0.251 e. The fourth-order valence-corrected chi connectivity index (χ4v) is 5.31. The van der Waals surface area contributed by atoms with Crippen molar-refractivity contribution < 1.29 is 14.4 Å². The van der Waals surface area contributed by atoms with Crippen molar-refractivity contribution in [1.29, 1.82) is 0 Å². The second-order valence-electron chi connectivity index (χ2n) is 8.11. The first-order valence-electron chi connectivity index (χ1n) is 9.93. The van der Waals surface area contributed by atoms with Gasteiger partial charge in [0, 0.05) is 12.1 Å². The summed E-state index contributed by atoms with van der Waals surface area (Å²) in [5, 5.41) is 2.89. The lowest BCUT2D eigenvalue weighted by molar-refractivity contribution is -0.123. The van der Waals surface area contributed by atoms with Gasteiger partial charge in [0.05, 0.1) is 17.5 Å². The number of carbonyl (C=O) groups excluding carboxylic acids is 3. The fraction of sp³-hybridized carbons (Fsp3) is 0.348. The lowest BCUT2D eigenvalue weighted by Gasteiger charge is -2.19. The third kappa shape index (κ3) is 2.65. The molecule has 2 saturated carbocycles. The molecule has 1 heterocycles. The summed E-state index contributed by atoms with van der Waals surface area (Å²) in [5.41, 5.74) is 2.12. The number of hydrogen-bond donors (Lipinski definition) is 1. The SMILES string of the molecule is O=C(NCc1ccccc1)c1ccc(N2C(=O)[C@H]3[C@@H]4CC[C@@H](C4)[C@@H]3C2=O)cc1. The van der Waals surface area contributed by atoms with Crippen LogP contribution < -0.4 is 10.2 Å². The summed E-state index contributed by atoms with van der Waals surface area (Å²) in [6, 6.07) is 16.5. The minimum atomic E-state index is -0.176. The molecule has 0 aromatic heterocycles. The summed E-state index contributed by atoms with van der Waals surface area (Å²) in [4.78, 5) is 39.5. The van der Waals surface area contributed by atoms with Gasteiger partial charge in [0.1, 0.15) is 0 Å². The van der Waals surface area contributed by atoms with Gasteiger partial charge < -0.3 is 5.32 Å². The van der Waals surface area contributed by atoms with Crippen molar-refractivity contribution >= 4 is 23.4 Å². The highest BCUT2D eigenvalue weighted by atomic mass is 16.2. The quantitative estimate of drug-likeness (QED) is 0.836. The Hall–Kier alpha value is -2.95. The van der Waals surface area contributed by atoms with Gasteiger partial charge in [-0.05, 0) is 60.9 Å². The zero-order chi connectivity index (χ0) is 19.3. The smallest absolute Gasteiger partial charge is 0.251 e. The van der Waals surface area contributed by atoms with E-state index >= 15 is 0 Å². The predicted octanol–water partition coefficient (Wildman–Crippen LogP) is 3.15. The summed E-state index contributed by atoms with van der Waals surface area (Å²) in [5.74, 6) is 0.218. The molecular weight excluding hydrogens is 352 g/mol. The number of fused-ring (bicyclic) bond motifs is 5. The van der Waals surface area contributed by atoms with Crippen molar-refractivity contribution in [3.8, 4) is 0 Å². The second kappa shape index (κ2) is 6.59. The molecule has 2 bridgehead atoms. The van der Waals surface area contributed by atoms with Crippen molar-refractivity contribution in [1.82, 2.24) is 5.32 Å². The second-order valence-corrected chi connectivity index (χ2v) is 8.11. The van der Waals surface area contributed by atoms with E-state index in [1.807, 2.05) is 30.3 Å². The molecule has 2 aromatic rings. The molecule has 0 radical (unpaired) electrons. The monoisotopic (exact) mass is 374 g/mol. The molecule has 5 nitrogen and oxygen atoms in total. The minimum absolute atomic E-state index is 0.0523. The first kappa shape index (κ1) is 17.2. The standard InChI is InChI=1S/C23H22N2O3/c26-21(24-13-14-4-2-1-3-5-14)15-8-10-18(11-9-15)25-22(27)19-16-6-7-17(12-16)20(19)23(25)28/h1-5,8-11,16-17,19-20H,6-7,12-13H2,(H,24,26)/t16-,17+,19-,20-/m0/s1. The van der Waals surface area contributed by atoms with Crippen molar-refractivity contribution in [2.45, 2.75) is 25.8 Å². The first-order chi connectivity index (χ1) is 13.6. The minimum Gasteiger partial charge on any atom is -0.348 e. The molecule has 4 atom stereocenters. The normalized spacial score (nSPS) is 27.9. The van der Waals surface area contributed by atoms with Crippen molar-refractivity contribution in [3.63, 3.8) is 0 Å². The summed E-state index contributed by atoms with van der Waals surface area (Å²) < 4.78 is 0. The van der Waals surface area contributed by atoms with Gasteiger partial charge >= 0.3 is 0 Å². The van der Waals surface area contributed by atoms with Crippen LogP contribution in [0.3, 0.4) is 0 Å². The number of benzene rings is 2. The third-order valence-corrected chi connectivity index (χ3v) is 6.61. The van der Waals surface area contributed by atoms with Crippen LogP contribution in [0.4, 0.5) is 5.69 Å². The van der Waals surface area contributed by atoms with E-state index in [0.29, 0.717) is 29.6 Å². The van der Waals surface area contributed by atoms with Gasteiger partial charge in [0.15, 0.2) is 0 Å². The number of rotatable bonds is 4. The lowest BCUT2D eigenvalue weighted by Crippen LogP contribution is -2.32. The summed E-state index contributed by atoms with van der Waals surface area (Å²) in [7, 11) is 0. The number of anilines is 1. The van der Waals surface area contributed by atoms with Crippen molar-refractivity contribution in [3.05, 3.63) is 65.7 Å². The van der Waals surface area contributed by atoms with E-state index in [1.54, 1.807) is 24.3 Å². The van der Waals surface area contributed by atoms with E-state index in [2.05, 4.69) is 5.32 Å². The molecule has 1 N–H and O–H groups in total. The van der Waals surface area contributed by atoms with Crippen LogP contribution in [0.5, 0.6) is 0 Å². The average molecular weight is 374 g/mol. The molecule has 1 aliphatic heterocycles. The van der Waals surface area contributed by atoms with Crippen LogP contribution in [0, 0.1) is 23.7 Å². The number of imide groups is 1. The van der Waals surface area contributed by atoms with Gasteiger partial charge in [-0.3, -0.25) is 19.3 Å². The van der Waals surface area contributed by atoms with Gasteiger partial charge in [-0.1, -0.05) is 30.3 Å². The van der Waals surface area contributed by atoms with Crippen LogP contribution in [0.2, 0.25) is 0 Å². The highest BCUT2D eigenvalue weighted by Crippen LogP contribution is 2.56. The molecule has 5 heteroatoms. The highest BCUT2D eigenvalue weighted by Gasteiger charge is 2.61. The molecule has 3 aliphatic rings. The summed E-state index contributed by atoms with van der Waals surface area (Å²) in [6.45, 7) is 0.455. The summed E-state index contributed by atoms with van der Waals surface area (Å²) >= 11 is 0. The third-order valence-electron chi connectivity index (χ3n) is 6.61. The van der Waals surface area contributed by atoms with Crippen LogP contribution >= 0.6 is 0 Å². The number of hydrogen-bond acceptors (Lipinski definition) is 3. The predicted molar refractivity (Wildman–Crippen MR) is 104 cm³/mol. The Morgan fingerprint density at radius 3 is 2.11 bits per heavy atom. The largest absolute Gasteiger partial charge is 0.348 e. The molecule has 3 amide bonds. The molecule has 3 fully saturated rings. The van der Waals surface area contributed by atoms with Crippen LogP contribution in [0.25, 0.3) is 0 Å². The van der Waals surface area contributed by atoms with Crippen molar-refractivity contribution in [2.75, 3.05) is 4.90 Å². The number of amides is 3. The summed E-state index contributed by atoms with van der Waals surface area (Å²) in [6.07, 6.45) is 3.17. The van der Waals surface area contributed by atoms with E-state index < -0.39 is 0 Å². The fourth-order valence-electron chi connectivity index (χ4n) is 5.31. The number of carbonyl (C=O) groups is 3. The van der Waals surface area contributed by atoms with Gasteiger partial charge in [0.2, 0.25) is 11.8 Å². The molecule has 5 rings (SSSR count). The zero-order valence-electron chi connectivity index (χ0n) is 15.5. The van der Waals surface area contributed by atoms with Crippen LogP contribution in [-0.4, -0.2) is 17.7 Å². The average Bonchev–Trinajstić information content (AvgIpc) is 3.41. The van der Waals surface area contributed by atoms with Crippen molar-refractivity contribution in [2.24, 2.45) is 23.7 Å². The Labute approximate surface area is 163 Å². The Balaban J connectivity index is 1.29. The molecule has 2 aliphatic carbocycles. The van der Waals surface area contributed by atoms with E-state index in [4.69, 9.17) is 0 Å². The van der Waals surface area contributed by atoms with Gasteiger partial charge in [0.25, 0.3) is 5.91 Å². The van der Waals surface area contributed by atoms with E-state index in [-0.39, 0.29) is 29.6 Å². The Morgan fingerprint density at radius 1 is 0.893 bits per heavy atom. The molecular formula is C23H22N2O3. The first-order valence-corrected chi connectivity index (χ1v) is 9.93. The Kier molecular flexibility index (Phi) is 4.04. The Bertz CT molecular complexity index is 910. The van der Waals surface area contributed by atoms with E-state index in [1.165, 1.54) is 4.90 Å². The van der Waals surface area contributed by atoms with Crippen LogP contribution in [0.15, 0.2) is 54.6 Å². The van der Waals surface area contributed by atoms with E-state index in [9.17, 15) is 14.4 Å². The van der Waals surface area contributed by atoms with Gasteiger partial charge in [-0.15, -0.1) is 0 Å². The molecule has 1 saturated heterocycles. The maximum atomic E-state index is 12.9. The van der Waals surface area contributed by atoms with Gasteiger partial charge in [-0.2, -0.15) is 0 Å². The topological polar surface area (TPSA) is 66.5 Å². The Morgan fingerprint density at radius 2 is 1.50 bits per heavy atom. The highest BCUT2D eigenvalue weighted by molar-refractivity contribution is 6.22. The number of nitrogens with zero attached hydrogens (tertiary/aromatic N) is 1. The molecule has 0 spiro atoms. The van der Waals surface area contributed by atoms with Gasteiger partial charge in [-0.25, -0.2) is 0 Å². The number of nitrogens with one attached hydrogen (secondary N) is 1. The molecule has 28 heavy (non-hydrogen) atoms. The van der Waals surface area contributed by atoms with E-state index in [0.717, 1.165) is 24.8 Å². The maximum absolute atomic E-state index is 12.9. The lowest BCUT2D eigenvalue weighted by atomic mass is 9.81. The molecule has 2 aromatic carbocycles. The molecule has 142 valence electrons. The molecule has 0 unspecified atom stereocenters. The van der Waals surface area contributed by atoms with Crippen LogP contribution in [0.1, 0.15) is 35.2 Å². The zero-order valence-corrected chi connectivity index (χ0v) is 15.5. The van der Waals surface area contributed by atoms with Crippen LogP contribution in [-0.2, 0) is 16.1 Å².